The predicted octanol–water partition coefficient (Wildman–Crippen LogP) is 2.92. The Hall–Kier alpha value is -1.39. The van der Waals surface area contributed by atoms with Gasteiger partial charge in [0.05, 0.1) is 6.17 Å². The highest BCUT2D eigenvalue weighted by Gasteiger charge is 2.37. The number of nitrogens with one attached hydrogen (secondary N) is 4. The van der Waals surface area contributed by atoms with Crippen LogP contribution < -0.4 is 21.5 Å². The smallest absolute Gasteiger partial charge is 0.229 e. The molecule has 0 bridgehead atoms. The molecule has 2 aliphatic carbocycles. The fourth-order valence-electron chi connectivity index (χ4n) is 4.97. The van der Waals surface area contributed by atoms with Gasteiger partial charge in [-0.25, -0.2) is 18.6 Å². The summed E-state index contributed by atoms with van der Waals surface area (Å²) in [7, 11) is 0. The highest BCUT2D eigenvalue weighted by atomic mass is 19.2. The van der Waals surface area contributed by atoms with Crippen molar-refractivity contribution in [1.29, 1.82) is 0 Å². The van der Waals surface area contributed by atoms with Crippen molar-refractivity contribution >= 4 is 11.9 Å². The third kappa shape index (κ3) is 7.82. The van der Waals surface area contributed by atoms with Crippen LogP contribution in [-0.2, 0) is 9.53 Å². The second kappa shape index (κ2) is 12.9. The molecule has 3 aliphatic rings. The summed E-state index contributed by atoms with van der Waals surface area (Å²) in [6.07, 6.45) is 0.0804. The molecule has 8 unspecified atom stereocenters. The first kappa shape index (κ1) is 26.2. The monoisotopic (exact) mass is 475 g/mol. The van der Waals surface area contributed by atoms with Crippen molar-refractivity contribution in [2.75, 3.05) is 19.8 Å². The molecule has 3 rings (SSSR count). The molecule has 8 atom stereocenters. The minimum atomic E-state index is -1.60. The molecule has 10 heteroatoms. The average Bonchev–Trinajstić information content (AvgIpc) is 3.25. The van der Waals surface area contributed by atoms with E-state index in [1.165, 1.54) is 0 Å². The van der Waals surface area contributed by atoms with Crippen LogP contribution in [0.1, 0.15) is 65.2 Å². The van der Waals surface area contributed by atoms with Gasteiger partial charge in [0.25, 0.3) is 0 Å². The van der Waals surface area contributed by atoms with E-state index in [-0.39, 0.29) is 42.8 Å². The molecule has 0 radical (unpaired) electrons. The summed E-state index contributed by atoms with van der Waals surface area (Å²) in [5.74, 6) is -0.226. The highest BCUT2D eigenvalue weighted by Crippen LogP contribution is 2.34. The molecule has 1 aliphatic heterocycles. The van der Waals surface area contributed by atoms with Gasteiger partial charge in [0.2, 0.25) is 5.91 Å². The summed E-state index contributed by atoms with van der Waals surface area (Å²) in [4.78, 5) is 17.2. The number of ether oxygens (including phenoxy) is 1. The maximum Gasteiger partial charge on any atom is 0.229 e. The first-order valence-electron chi connectivity index (χ1n) is 12.5. The molecular weight excluding hydrogens is 435 g/mol. The van der Waals surface area contributed by atoms with Crippen LogP contribution in [0.4, 0.5) is 13.2 Å². The number of guanidine groups is 1. The van der Waals surface area contributed by atoms with E-state index in [2.05, 4.69) is 26.5 Å². The third-order valence-corrected chi connectivity index (χ3v) is 7.18. The maximum atomic E-state index is 14.2. The van der Waals surface area contributed by atoms with Crippen molar-refractivity contribution < 1.29 is 22.7 Å². The number of nitrogens with zero attached hydrogens (tertiary/aromatic N) is 1. The van der Waals surface area contributed by atoms with Crippen LogP contribution in [0.3, 0.4) is 0 Å². The van der Waals surface area contributed by atoms with Crippen LogP contribution in [-0.4, -0.2) is 62.3 Å². The molecule has 1 amide bonds. The number of carbonyl (C=O) groups is 1. The van der Waals surface area contributed by atoms with Crippen molar-refractivity contribution in [1.82, 2.24) is 21.5 Å². The fourth-order valence-corrected chi connectivity index (χ4v) is 4.97. The number of alkyl halides is 3. The molecule has 1 heterocycles. The predicted molar refractivity (Wildman–Crippen MR) is 122 cm³/mol. The van der Waals surface area contributed by atoms with Crippen molar-refractivity contribution in [3.8, 4) is 0 Å². The number of hydrogen-bond acceptors (Lipinski definition) is 5. The Kier molecular flexibility index (Phi) is 10.2. The number of carbonyl (C=O) groups excluding carboxylic acids is 1. The van der Waals surface area contributed by atoms with E-state index in [0.717, 1.165) is 19.3 Å². The van der Waals surface area contributed by atoms with Gasteiger partial charge in [-0.2, -0.15) is 0 Å². The topological polar surface area (TPSA) is 86.8 Å². The first-order valence-corrected chi connectivity index (χ1v) is 12.5. The largest absolute Gasteiger partial charge is 0.382 e. The summed E-state index contributed by atoms with van der Waals surface area (Å²) >= 11 is 0. The third-order valence-electron chi connectivity index (χ3n) is 7.18. The van der Waals surface area contributed by atoms with Crippen LogP contribution in [0.15, 0.2) is 4.99 Å². The van der Waals surface area contributed by atoms with Crippen LogP contribution in [0.5, 0.6) is 0 Å². The first-order chi connectivity index (χ1) is 15.9. The van der Waals surface area contributed by atoms with E-state index in [4.69, 9.17) is 4.74 Å². The van der Waals surface area contributed by atoms with E-state index in [1.807, 2.05) is 13.8 Å². The van der Waals surface area contributed by atoms with Gasteiger partial charge in [-0.3, -0.25) is 20.5 Å². The summed E-state index contributed by atoms with van der Waals surface area (Å²) in [6.45, 7) is 5.55. The number of hydrogen-bond donors (Lipinski definition) is 4. The van der Waals surface area contributed by atoms with Gasteiger partial charge in [-0.15, -0.1) is 0 Å². The minimum Gasteiger partial charge on any atom is -0.382 e. The van der Waals surface area contributed by atoms with Gasteiger partial charge in [-0.1, -0.05) is 6.92 Å². The van der Waals surface area contributed by atoms with Crippen molar-refractivity contribution in [2.45, 2.75) is 95.9 Å². The molecule has 0 aromatic carbocycles. The van der Waals surface area contributed by atoms with Crippen molar-refractivity contribution in [3.63, 3.8) is 0 Å². The van der Waals surface area contributed by atoms with Crippen LogP contribution >= 0.6 is 0 Å². The maximum absolute atomic E-state index is 14.2. The van der Waals surface area contributed by atoms with Gasteiger partial charge in [0, 0.05) is 31.7 Å². The van der Waals surface area contributed by atoms with E-state index >= 15 is 0 Å². The van der Waals surface area contributed by atoms with Gasteiger partial charge < -0.3 is 10.1 Å². The van der Waals surface area contributed by atoms with Gasteiger partial charge >= 0.3 is 0 Å². The zero-order chi connectivity index (χ0) is 23.8. The molecule has 33 heavy (non-hydrogen) atoms. The van der Waals surface area contributed by atoms with Crippen LogP contribution in [0, 0.1) is 17.8 Å². The van der Waals surface area contributed by atoms with E-state index in [0.29, 0.717) is 45.0 Å². The fraction of sp³-hybridized carbons (Fsp3) is 0.913. The van der Waals surface area contributed by atoms with Gasteiger partial charge in [0.15, 0.2) is 5.96 Å². The SMILES string of the molecule is CCOCCCN=C(NC(=O)C1CCC(F)C(F)C1)NC1CC(C2CCC(C)C(F)C2)NN1. The molecule has 0 aromatic heterocycles. The van der Waals surface area contributed by atoms with Gasteiger partial charge in [-0.05, 0) is 70.1 Å². The lowest BCUT2D eigenvalue weighted by molar-refractivity contribution is -0.125. The van der Waals surface area contributed by atoms with E-state index < -0.39 is 24.4 Å². The zero-order valence-electron chi connectivity index (χ0n) is 19.8. The number of halogens is 3. The number of aliphatic imine (C=N–C) groups is 1. The Morgan fingerprint density at radius 3 is 2.58 bits per heavy atom. The lowest BCUT2D eigenvalue weighted by Gasteiger charge is -2.32. The summed E-state index contributed by atoms with van der Waals surface area (Å²) in [6, 6.07) is 0.135. The Morgan fingerprint density at radius 2 is 1.85 bits per heavy atom. The standard InChI is InChI=1S/C23H40F3N5O2/c1-3-33-10-4-9-27-23(29-22(32)16-7-8-17(24)19(26)12-16)28-21-13-20(30-31-21)15-6-5-14(2)18(25)11-15/h14-21,30-31H,3-13H2,1-2H3,(H2,27,28,29,32). The molecule has 0 aromatic rings. The second-order valence-electron chi connectivity index (χ2n) is 9.71. The molecule has 190 valence electrons. The Balaban J connectivity index is 1.54. The van der Waals surface area contributed by atoms with E-state index in [1.54, 1.807) is 0 Å². The molecule has 7 nitrogen and oxygen atoms in total. The molecule has 4 N–H and O–H groups in total. The highest BCUT2D eigenvalue weighted by molar-refractivity contribution is 5.98. The second-order valence-corrected chi connectivity index (χ2v) is 9.71. The number of amides is 1. The van der Waals surface area contributed by atoms with Crippen molar-refractivity contribution in [3.05, 3.63) is 0 Å². The molecule has 0 spiro atoms. The molecule has 2 saturated carbocycles. The lowest BCUT2D eigenvalue weighted by Crippen LogP contribution is -2.52. The number of rotatable bonds is 8. The molecule has 1 saturated heterocycles. The molecular formula is C23H40F3N5O2. The zero-order valence-corrected chi connectivity index (χ0v) is 19.8. The van der Waals surface area contributed by atoms with Crippen molar-refractivity contribution in [2.24, 2.45) is 22.7 Å². The minimum absolute atomic E-state index is 0.0544. The Bertz CT molecular complexity index is 656. The summed E-state index contributed by atoms with van der Waals surface area (Å²) in [5, 5.41) is 6.02. The van der Waals surface area contributed by atoms with Gasteiger partial charge in [0.1, 0.15) is 18.5 Å². The summed E-state index contributed by atoms with van der Waals surface area (Å²) in [5.41, 5.74) is 6.46. The van der Waals surface area contributed by atoms with E-state index in [9.17, 15) is 18.0 Å². The van der Waals surface area contributed by atoms with Crippen LogP contribution in [0.2, 0.25) is 0 Å². The molecule has 3 fully saturated rings. The normalized spacial score (nSPS) is 37.7. The lowest BCUT2D eigenvalue weighted by atomic mass is 9.77. The quantitative estimate of drug-likeness (QED) is 0.246. The number of hydrazine groups is 1. The summed E-state index contributed by atoms with van der Waals surface area (Å²) < 4.78 is 46.8. The average molecular weight is 476 g/mol. The Labute approximate surface area is 195 Å². The van der Waals surface area contributed by atoms with Crippen LogP contribution in [0.25, 0.3) is 0 Å². The Morgan fingerprint density at radius 1 is 1.03 bits per heavy atom.